The third-order valence-corrected chi connectivity index (χ3v) is 4.74. The van der Waals surface area contributed by atoms with Crippen molar-refractivity contribution in [1.29, 1.82) is 0 Å². The van der Waals surface area contributed by atoms with Gasteiger partial charge in [0.05, 0.1) is 17.3 Å². The first-order valence-electron chi connectivity index (χ1n) is 9.13. The number of aryl methyl sites for hydroxylation is 1. The summed E-state index contributed by atoms with van der Waals surface area (Å²) in [6, 6.07) is 9.48. The highest BCUT2D eigenvalue weighted by atomic mass is 127. The fraction of sp³-hybridized carbons (Fsp3) is 0.474. The van der Waals surface area contributed by atoms with E-state index in [4.69, 9.17) is 20.9 Å². The highest BCUT2D eigenvalue weighted by Crippen LogP contribution is 2.22. The maximum atomic E-state index is 6.10. The van der Waals surface area contributed by atoms with Gasteiger partial charge in [0.1, 0.15) is 18.1 Å². The molecule has 2 aromatic rings. The molecular formula is C19H27ClIN5O2. The Morgan fingerprint density at radius 3 is 2.68 bits per heavy atom. The number of ether oxygens (including phenoxy) is 1. The summed E-state index contributed by atoms with van der Waals surface area (Å²) in [5.74, 6) is 2.45. The van der Waals surface area contributed by atoms with Gasteiger partial charge in [0.15, 0.2) is 5.96 Å². The Bertz CT molecular complexity index is 762. The van der Waals surface area contributed by atoms with Crippen molar-refractivity contribution in [3.63, 3.8) is 0 Å². The minimum atomic E-state index is 0. The lowest BCUT2D eigenvalue weighted by Gasteiger charge is -2.36. The lowest BCUT2D eigenvalue weighted by molar-refractivity contribution is 0.168. The number of nitrogens with one attached hydrogen (secondary N) is 1. The Morgan fingerprint density at radius 2 is 2.04 bits per heavy atom. The molecule has 0 unspecified atom stereocenters. The van der Waals surface area contributed by atoms with E-state index in [1.807, 2.05) is 44.3 Å². The van der Waals surface area contributed by atoms with Crippen LogP contribution in [0.15, 0.2) is 39.8 Å². The minimum Gasteiger partial charge on any atom is -0.490 e. The number of benzene rings is 1. The molecule has 0 atom stereocenters. The van der Waals surface area contributed by atoms with Crippen molar-refractivity contribution in [2.45, 2.75) is 13.5 Å². The average Bonchev–Trinajstić information content (AvgIpc) is 3.09. The van der Waals surface area contributed by atoms with Crippen LogP contribution in [0, 0.1) is 6.92 Å². The number of hydrogen-bond donors (Lipinski definition) is 1. The highest BCUT2D eigenvalue weighted by Gasteiger charge is 2.20. The Kier molecular flexibility index (Phi) is 9.33. The van der Waals surface area contributed by atoms with E-state index in [9.17, 15) is 0 Å². The van der Waals surface area contributed by atoms with Gasteiger partial charge in [0.2, 0.25) is 0 Å². The molecule has 2 heterocycles. The normalized spacial score (nSPS) is 15.2. The van der Waals surface area contributed by atoms with Crippen LogP contribution in [0.5, 0.6) is 5.75 Å². The van der Waals surface area contributed by atoms with Crippen molar-refractivity contribution in [1.82, 2.24) is 20.3 Å². The van der Waals surface area contributed by atoms with Gasteiger partial charge in [-0.25, -0.2) is 0 Å². The molecule has 1 saturated heterocycles. The van der Waals surface area contributed by atoms with Crippen LogP contribution in [0.2, 0.25) is 5.02 Å². The molecule has 1 fully saturated rings. The number of halogens is 2. The number of rotatable bonds is 6. The smallest absolute Gasteiger partial charge is 0.193 e. The largest absolute Gasteiger partial charge is 0.490 e. The molecule has 7 nitrogen and oxygen atoms in total. The summed E-state index contributed by atoms with van der Waals surface area (Å²) in [6.45, 7) is 7.68. The van der Waals surface area contributed by atoms with Gasteiger partial charge in [0, 0.05) is 45.8 Å². The summed E-state index contributed by atoms with van der Waals surface area (Å²) < 4.78 is 10.9. The summed E-state index contributed by atoms with van der Waals surface area (Å²) in [5, 5.41) is 8.06. The average molecular weight is 520 g/mol. The predicted molar refractivity (Wildman–Crippen MR) is 122 cm³/mol. The molecule has 0 radical (unpaired) electrons. The molecule has 154 valence electrons. The minimum absolute atomic E-state index is 0. The zero-order valence-electron chi connectivity index (χ0n) is 16.2. The van der Waals surface area contributed by atoms with Crippen LogP contribution < -0.4 is 10.1 Å². The third-order valence-electron chi connectivity index (χ3n) is 4.43. The predicted octanol–water partition coefficient (Wildman–Crippen LogP) is 3.03. The fourth-order valence-corrected chi connectivity index (χ4v) is 3.25. The number of aromatic nitrogens is 1. The second-order valence-corrected chi connectivity index (χ2v) is 6.85. The topological polar surface area (TPSA) is 66.1 Å². The molecule has 1 aliphatic heterocycles. The summed E-state index contributed by atoms with van der Waals surface area (Å²) in [5.41, 5.74) is 0.986. The second-order valence-electron chi connectivity index (χ2n) is 6.44. The molecular weight excluding hydrogens is 493 g/mol. The molecule has 0 spiro atoms. The van der Waals surface area contributed by atoms with Gasteiger partial charge in [-0.05, 0) is 19.1 Å². The Morgan fingerprint density at radius 1 is 1.29 bits per heavy atom. The Balaban J connectivity index is 0.00000280. The van der Waals surface area contributed by atoms with Crippen LogP contribution in [0.3, 0.4) is 0 Å². The molecule has 0 amide bonds. The van der Waals surface area contributed by atoms with Crippen molar-refractivity contribution in [3.05, 3.63) is 46.8 Å². The zero-order chi connectivity index (χ0) is 19.1. The van der Waals surface area contributed by atoms with Crippen molar-refractivity contribution < 1.29 is 9.26 Å². The summed E-state index contributed by atoms with van der Waals surface area (Å²) in [7, 11) is 1.81. The molecule has 1 aromatic carbocycles. The quantitative estimate of drug-likeness (QED) is 0.274. The molecule has 1 N–H and O–H groups in total. The third kappa shape index (κ3) is 6.52. The van der Waals surface area contributed by atoms with E-state index < -0.39 is 0 Å². The van der Waals surface area contributed by atoms with Crippen LogP contribution in [-0.4, -0.2) is 67.3 Å². The molecule has 3 rings (SSSR count). The van der Waals surface area contributed by atoms with Gasteiger partial charge >= 0.3 is 0 Å². The zero-order valence-corrected chi connectivity index (χ0v) is 19.3. The van der Waals surface area contributed by atoms with E-state index >= 15 is 0 Å². The van der Waals surface area contributed by atoms with Gasteiger partial charge in [-0.15, -0.1) is 24.0 Å². The van der Waals surface area contributed by atoms with E-state index in [1.165, 1.54) is 0 Å². The van der Waals surface area contributed by atoms with E-state index in [-0.39, 0.29) is 24.0 Å². The SMILES string of the molecule is CN=C(NCCOc1ccccc1Cl)N1CCN(Cc2cc(C)on2)CC1.I. The van der Waals surface area contributed by atoms with E-state index in [2.05, 4.69) is 25.3 Å². The molecule has 9 heteroatoms. The number of guanidine groups is 1. The Hall–Kier alpha value is -1.52. The van der Waals surface area contributed by atoms with E-state index in [0.717, 1.165) is 50.1 Å². The number of hydrogen-bond acceptors (Lipinski definition) is 5. The maximum Gasteiger partial charge on any atom is 0.193 e. The van der Waals surface area contributed by atoms with E-state index in [1.54, 1.807) is 0 Å². The Labute approximate surface area is 188 Å². The van der Waals surface area contributed by atoms with Gasteiger partial charge < -0.3 is 19.5 Å². The molecule has 1 aromatic heterocycles. The van der Waals surface area contributed by atoms with Crippen molar-refractivity contribution in [2.24, 2.45) is 4.99 Å². The van der Waals surface area contributed by atoms with Gasteiger partial charge in [-0.3, -0.25) is 9.89 Å². The molecule has 0 aliphatic carbocycles. The van der Waals surface area contributed by atoms with Crippen LogP contribution in [-0.2, 0) is 6.54 Å². The number of piperazine rings is 1. The number of aliphatic imine (C=N–C) groups is 1. The first-order chi connectivity index (χ1) is 13.2. The van der Waals surface area contributed by atoms with Crippen molar-refractivity contribution in [3.8, 4) is 5.75 Å². The number of nitrogens with zero attached hydrogens (tertiary/aromatic N) is 4. The monoisotopic (exact) mass is 519 g/mol. The first kappa shape index (κ1) is 22.8. The van der Waals surface area contributed by atoms with Crippen LogP contribution in [0.1, 0.15) is 11.5 Å². The molecule has 28 heavy (non-hydrogen) atoms. The lowest BCUT2D eigenvalue weighted by Crippen LogP contribution is -2.52. The first-order valence-corrected chi connectivity index (χ1v) is 9.51. The fourth-order valence-electron chi connectivity index (χ4n) is 3.06. The van der Waals surface area contributed by atoms with Crippen LogP contribution >= 0.6 is 35.6 Å². The van der Waals surface area contributed by atoms with E-state index in [0.29, 0.717) is 23.9 Å². The second kappa shape index (κ2) is 11.5. The highest BCUT2D eigenvalue weighted by molar-refractivity contribution is 14.0. The van der Waals surface area contributed by atoms with Gasteiger partial charge in [-0.2, -0.15) is 0 Å². The molecule has 0 saturated carbocycles. The standard InChI is InChI=1S/C19H26ClN5O2.HI/c1-15-13-16(23-27-15)14-24-8-10-25(11-9-24)19(21-2)22-7-12-26-18-6-4-3-5-17(18)20;/h3-6,13H,7-12,14H2,1-2H3,(H,21,22);1H. The van der Waals surface area contributed by atoms with Gasteiger partial charge in [0.25, 0.3) is 0 Å². The molecule has 0 bridgehead atoms. The summed E-state index contributed by atoms with van der Waals surface area (Å²) in [6.07, 6.45) is 0. The maximum absolute atomic E-state index is 6.10. The number of para-hydroxylation sites is 1. The van der Waals surface area contributed by atoms with Gasteiger partial charge in [-0.1, -0.05) is 28.9 Å². The van der Waals surface area contributed by atoms with Crippen LogP contribution in [0.4, 0.5) is 0 Å². The van der Waals surface area contributed by atoms with Crippen molar-refractivity contribution in [2.75, 3.05) is 46.4 Å². The van der Waals surface area contributed by atoms with Crippen molar-refractivity contribution >= 4 is 41.5 Å². The van der Waals surface area contributed by atoms with Crippen LogP contribution in [0.25, 0.3) is 0 Å². The lowest BCUT2D eigenvalue weighted by atomic mass is 10.3. The summed E-state index contributed by atoms with van der Waals surface area (Å²) in [4.78, 5) is 9.03. The molecule has 1 aliphatic rings. The summed E-state index contributed by atoms with van der Waals surface area (Å²) >= 11 is 6.10.